The van der Waals surface area contributed by atoms with E-state index in [2.05, 4.69) is 17.1 Å². The first-order chi connectivity index (χ1) is 18.2. The topological polar surface area (TPSA) is 87.5 Å². The summed E-state index contributed by atoms with van der Waals surface area (Å²) < 4.78 is 1.65. The van der Waals surface area contributed by atoms with Gasteiger partial charge in [0.2, 0.25) is 5.95 Å². The number of nitrogens with zero attached hydrogens (tertiary/aromatic N) is 4. The summed E-state index contributed by atoms with van der Waals surface area (Å²) in [7, 11) is 1.58. The Morgan fingerprint density at radius 2 is 1.71 bits per heavy atom. The Bertz CT molecular complexity index is 1470. The molecule has 10 heteroatoms. The lowest BCUT2D eigenvalue weighted by molar-refractivity contribution is 0.0653. The van der Waals surface area contributed by atoms with Crippen molar-refractivity contribution < 1.29 is 9.59 Å². The van der Waals surface area contributed by atoms with E-state index in [9.17, 15) is 14.4 Å². The quantitative estimate of drug-likeness (QED) is 0.514. The van der Waals surface area contributed by atoms with Gasteiger partial charge in [0.1, 0.15) is 0 Å². The van der Waals surface area contributed by atoms with Crippen molar-refractivity contribution in [1.29, 1.82) is 0 Å². The molecule has 0 bridgehead atoms. The zero-order chi connectivity index (χ0) is 27.1. The number of fused-ring (bicyclic) bond motifs is 1. The van der Waals surface area contributed by atoms with Crippen molar-refractivity contribution in [3.05, 3.63) is 85.2 Å². The lowest BCUT2D eigenvalue weighted by Gasteiger charge is -2.35. The number of hydrogen-bond donors (Lipinski definition) is 1. The molecule has 0 aliphatic carbocycles. The van der Waals surface area contributed by atoms with Gasteiger partial charge in [-0.1, -0.05) is 23.2 Å². The van der Waals surface area contributed by atoms with Crippen LogP contribution >= 0.6 is 23.2 Å². The predicted octanol–water partition coefficient (Wildman–Crippen LogP) is 4.47. The molecule has 2 amide bonds. The van der Waals surface area contributed by atoms with E-state index in [-0.39, 0.29) is 36.0 Å². The van der Waals surface area contributed by atoms with E-state index < -0.39 is 0 Å². The average molecular weight is 554 g/mol. The van der Waals surface area contributed by atoms with Crippen molar-refractivity contribution in [3.8, 4) is 5.69 Å². The van der Waals surface area contributed by atoms with Crippen LogP contribution in [-0.4, -0.2) is 51.9 Å². The van der Waals surface area contributed by atoms with Gasteiger partial charge in [-0.15, -0.1) is 0 Å². The van der Waals surface area contributed by atoms with E-state index in [4.69, 9.17) is 28.2 Å². The molecular formula is C28H29Cl2N5O3. The smallest absolute Gasteiger partial charge is 0.263 e. The molecule has 0 spiro atoms. The first-order valence-electron chi connectivity index (χ1n) is 12.7. The van der Waals surface area contributed by atoms with Gasteiger partial charge in [0.15, 0.2) is 0 Å². The second-order valence-electron chi connectivity index (χ2n) is 9.90. The van der Waals surface area contributed by atoms with Gasteiger partial charge < -0.3 is 15.1 Å². The number of hydrogen-bond acceptors (Lipinski definition) is 5. The van der Waals surface area contributed by atoms with E-state index in [0.29, 0.717) is 50.5 Å². The molecule has 3 aromatic rings. The average Bonchev–Trinajstić information content (AvgIpc) is 3.35. The Labute approximate surface area is 231 Å². The van der Waals surface area contributed by atoms with Crippen molar-refractivity contribution in [3.63, 3.8) is 0 Å². The van der Waals surface area contributed by atoms with E-state index in [0.717, 1.165) is 19.4 Å². The van der Waals surface area contributed by atoms with Crippen molar-refractivity contribution in [1.82, 2.24) is 19.8 Å². The minimum Gasteiger partial charge on any atom is -0.355 e. The number of nitrogens with one attached hydrogen (secondary N) is 1. The first kappa shape index (κ1) is 26.3. The fraction of sp³-hybridized carbons (Fsp3) is 0.357. The first-order valence-corrected chi connectivity index (χ1v) is 13.4. The molecule has 2 aliphatic rings. The number of amides is 2. The zero-order valence-electron chi connectivity index (χ0n) is 21.5. The van der Waals surface area contributed by atoms with Crippen LogP contribution in [0.4, 0.5) is 5.95 Å². The maximum atomic E-state index is 14.0. The Kier molecular flexibility index (Phi) is 7.20. The molecule has 1 aromatic heterocycles. The lowest BCUT2D eigenvalue weighted by Crippen LogP contribution is -2.46. The fourth-order valence-corrected chi connectivity index (χ4v) is 5.57. The van der Waals surface area contributed by atoms with Gasteiger partial charge in [-0.05, 0) is 75.6 Å². The Morgan fingerprint density at radius 1 is 1.00 bits per heavy atom. The molecule has 1 fully saturated rings. The molecule has 3 heterocycles. The summed E-state index contributed by atoms with van der Waals surface area (Å²) in [6, 6.07) is 11.8. The summed E-state index contributed by atoms with van der Waals surface area (Å²) in [5, 5.41) is 3.32. The monoisotopic (exact) mass is 553 g/mol. The van der Waals surface area contributed by atoms with E-state index in [1.165, 1.54) is 0 Å². The Balaban J connectivity index is 1.58. The molecule has 38 heavy (non-hydrogen) atoms. The van der Waals surface area contributed by atoms with Crippen LogP contribution in [0.25, 0.3) is 5.69 Å². The summed E-state index contributed by atoms with van der Waals surface area (Å²) in [5.74, 6) is 0.179. The van der Waals surface area contributed by atoms with Crippen LogP contribution in [-0.2, 0) is 13.0 Å². The largest absolute Gasteiger partial charge is 0.355 e. The van der Waals surface area contributed by atoms with Crippen molar-refractivity contribution >= 4 is 41.0 Å². The lowest BCUT2D eigenvalue weighted by atomic mass is 9.98. The van der Waals surface area contributed by atoms with Crippen molar-refractivity contribution in [2.45, 2.75) is 51.7 Å². The van der Waals surface area contributed by atoms with Crippen LogP contribution in [0.3, 0.4) is 0 Å². The number of carbonyl (C=O) groups is 2. The second-order valence-corrected chi connectivity index (χ2v) is 10.7. The third kappa shape index (κ3) is 4.67. The van der Waals surface area contributed by atoms with Gasteiger partial charge in [0, 0.05) is 42.4 Å². The number of carbonyl (C=O) groups excluding carboxylic acids is 2. The third-order valence-corrected chi connectivity index (χ3v) is 8.19. The SMILES string of the molecule is CNC(=O)c1ccc(-n2c(N3CCC[C@@H]3C)nc3c(c2=O)C[C@@H](C)N(C(=O)c2ccc(Cl)c(Cl)c2)C3)cc1. The van der Waals surface area contributed by atoms with Crippen LogP contribution in [0.1, 0.15) is 58.7 Å². The van der Waals surface area contributed by atoms with E-state index in [1.807, 2.05) is 6.92 Å². The number of halogens is 2. The van der Waals surface area contributed by atoms with Gasteiger partial charge in [0.05, 0.1) is 28.0 Å². The summed E-state index contributed by atoms with van der Waals surface area (Å²) in [5.41, 5.74) is 2.65. The molecule has 2 atom stereocenters. The van der Waals surface area contributed by atoms with Crippen LogP contribution in [0, 0.1) is 0 Å². The normalized spacial score (nSPS) is 18.9. The number of aromatic nitrogens is 2. The highest BCUT2D eigenvalue weighted by Crippen LogP contribution is 2.30. The molecule has 1 N–H and O–H groups in total. The summed E-state index contributed by atoms with van der Waals surface area (Å²) in [6.45, 7) is 5.05. The van der Waals surface area contributed by atoms with Gasteiger partial charge >= 0.3 is 0 Å². The third-order valence-electron chi connectivity index (χ3n) is 7.45. The summed E-state index contributed by atoms with van der Waals surface area (Å²) >= 11 is 12.2. The molecule has 1 saturated heterocycles. The Morgan fingerprint density at radius 3 is 2.34 bits per heavy atom. The molecule has 2 aliphatic heterocycles. The summed E-state index contributed by atoms with van der Waals surface area (Å²) in [4.78, 5) is 48.4. The van der Waals surface area contributed by atoms with Crippen LogP contribution in [0.15, 0.2) is 47.3 Å². The Hall–Kier alpha value is -3.36. The highest BCUT2D eigenvalue weighted by molar-refractivity contribution is 6.42. The molecule has 0 saturated carbocycles. The molecule has 0 unspecified atom stereocenters. The van der Waals surface area contributed by atoms with Crippen molar-refractivity contribution in [2.75, 3.05) is 18.5 Å². The fourth-order valence-electron chi connectivity index (χ4n) is 5.28. The number of benzene rings is 2. The summed E-state index contributed by atoms with van der Waals surface area (Å²) in [6.07, 6.45) is 2.38. The van der Waals surface area contributed by atoms with Crippen LogP contribution in [0.2, 0.25) is 10.0 Å². The van der Waals surface area contributed by atoms with Gasteiger partial charge in [0.25, 0.3) is 17.4 Å². The highest BCUT2D eigenvalue weighted by Gasteiger charge is 2.34. The standard InChI is InChI=1S/C28H29Cl2N5O3/c1-16-5-4-12-33(16)28-32-24-15-34(26(37)19-8-11-22(29)23(30)14-19)17(2)13-21(24)27(38)35(28)20-9-6-18(7-10-20)25(36)31-3/h6-11,14,16-17H,4-5,12-13,15H2,1-3H3,(H,31,36)/t16-,17+/m0/s1. The predicted molar refractivity (Wildman–Crippen MR) is 149 cm³/mol. The molecular weight excluding hydrogens is 525 g/mol. The number of anilines is 1. The molecule has 5 rings (SSSR count). The molecule has 2 aromatic carbocycles. The van der Waals surface area contributed by atoms with E-state index in [1.54, 1.807) is 59.0 Å². The maximum Gasteiger partial charge on any atom is 0.263 e. The number of rotatable bonds is 4. The van der Waals surface area contributed by atoms with E-state index >= 15 is 0 Å². The molecule has 8 nitrogen and oxygen atoms in total. The van der Waals surface area contributed by atoms with Gasteiger partial charge in [-0.3, -0.25) is 14.4 Å². The molecule has 198 valence electrons. The van der Waals surface area contributed by atoms with Gasteiger partial charge in [-0.2, -0.15) is 0 Å². The van der Waals surface area contributed by atoms with Crippen LogP contribution in [0.5, 0.6) is 0 Å². The van der Waals surface area contributed by atoms with Crippen LogP contribution < -0.4 is 15.8 Å². The zero-order valence-corrected chi connectivity index (χ0v) is 23.0. The minimum absolute atomic E-state index is 0.148. The molecule has 0 radical (unpaired) electrons. The highest BCUT2D eigenvalue weighted by atomic mass is 35.5. The minimum atomic E-state index is -0.223. The maximum absolute atomic E-state index is 14.0. The van der Waals surface area contributed by atoms with Gasteiger partial charge in [-0.25, -0.2) is 9.55 Å². The van der Waals surface area contributed by atoms with Crippen molar-refractivity contribution in [2.24, 2.45) is 0 Å². The second kappa shape index (κ2) is 10.4.